The normalized spacial score (nSPS) is 28.3. The van der Waals surface area contributed by atoms with Crippen molar-refractivity contribution in [3.05, 3.63) is 0 Å². The molecule has 0 bridgehead atoms. The maximum atomic E-state index is 12.9. The van der Waals surface area contributed by atoms with Crippen molar-refractivity contribution in [2.24, 2.45) is 5.41 Å². The molecule has 2 aliphatic rings. The third-order valence-corrected chi connectivity index (χ3v) is 3.87. The second-order valence-electron chi connectivity index (χ2n) is 5.08. The van der Waals surface area contributed by atoms with Crippen LogP contribution in [0.15, 0.2) is 0 Å². The van der Waals surface area contributed by atoms with Crippen LogP contribution in [-0.2, 0) is 9.59 Å². The van der Waals surface area contributed by atoms with Crippen LogP contribution < -0.4 is 0 Å². The molecule has 1 unspecified atom stereocenters. The number of alkyl halides is 3. The maximum absolute atomic E-state index is 12.9. The van der Waals surface area contributed by atoms with E-state index in [1.165, 1.54) is 4.90 Å². The number of carboxylic acid groups (broad SMARTS) is 1. The smallest absolute Gasteiger partial charge is 0.406 e. The Morgan fingerprint density at radius 1 is 1.21 bits per heavy atom. The van der Waals surface area contributed by atoms with Gasteiger partial charge in [0.25, 0.3) is 0 Å². The van der Waals surface area contributed by atoms with Gasteiger partial charge in [0.1, 0.15) is 0 Å². The van der Waals surface area contributed by atoms with E-state index in [0.29, 0.717) is 13.1 Å². The number of halogens is 3. The summed E-state index contributed by atoms with van der Waals surface area (Å²) in [6.45, 7) is 0.466. The van der Waals surface area contributed by atoms with E-state index >= 15 is 0 Å². The third kappa shape index (κ3) is 2.41. The summed E-state index contributed by atoms with van der Waals surface area (Å²) in [6.07, 6.45) is -4.39. The number of hydrogen-bond acceptors (Lipinski definition) is 3. The van der Waals surface area contributed by atoms with E-state index in [1.807, 2.05) is 0 Å². The van der Waals surface area contributed by atoms with Gasteiger partial charge < -0.3 is 10.0 Å². The molecule has 1 atom stereocenters. The molecule has 0 aromatic heterocycles. The number of nitrogens with zero attached hydrogens (tertiary/aromatic N) is 2. The summed E-state index contributed by atoms with van der Waals surface area (Å²) in [4.78, 5) is 25.5. The molecule has 2 rings (SSSR count). The van der Waals surface area contributed by atoms with Crippen LogP contribution in [-0.4, -0.2) is 65.7 Å². The largest absolute Gasteiger partial charge is 0.481 e. The van der Waals surface area contributed by atoms with Crippen LogP contribution in [0.5, 0.6) is 0 Å². The third-order valence-electron chi connectivity index (χ3n) is 3.87. The van der Waals surface area contributed by atoms with Gasteiger partial charge in [0.05, 0.1) is 6.54 Å². The predicted octanol–water partition coefficient (Wildman–Crippen LogP) is 0.558. The van der Waals surface area contributed by atoms with Crippen LogP contribution in [0.25, 0.3) is 0 Å². The highest BCUT2D eigenvalue weighted by molar-refractivity contribution is 5.80. The fourth-order valence-electron chi connectivity index (χ4n) is 2.41. The van der Waals surface area contributed by atoms with E-state index in [-0.39, 0.29) is 19.0 Å². The fourth-order valence-corrected chi connectivity index (χ4v) is 2.41. The fraction of sp³-hybridized carbons (Fsp3) is 0.818. The van der Waals surface area contributed by atoms with Crippen LogP contribution in [0.2, 0.25) is 0 Å². The van der Waals surface area contributed by atoms with Crippen LogP contribution in [0, 0.1) is 5.41 Å². The van der Waals surface area contributed by atoms with Crippen molar-refractivity contribution in [3.8, 4) is 0 Å². The predicted molar refractivity (Wildman–Crippen MR) is 58.4 cm³/mol. The first-order valence-electron chi connectivity index (χ1n) is 6.06. The molecule has 0 aromatic carbocycles. The summed E-state index contributed by atoms with van der Waals surface area (Å²) >= 11 is 0. The number of hydrogen-bond donors (Lipinski definition) is 1. The van der Waals surface area contributed by atoms with Gasteiger partial charge in [-0.1, -0.05) is 0 Å². The summed E-state index contributed by atoms with van der Waals surface area (Å²) in [5.41, 5.74) is -2.73. The highest BCUT2D eigenvalue weighted by Crippen LogP contribution is 2.45. The topological polar surface area (TPSA) is 60.9 Å². The highest BCUT2D eigenvalue weighted by Gasteiger charge is 2.63. The van der Waals surface area contributed by atoms with Crippen LogP contribution in [0.3, 0.4) is 0 Å². The Hall–Kier alpha value is -1.31. The van der Waals surface area contributed by atoms with Crippen molar-refractivity contribution in [2.75, 3.05) is 32.7 Å². The minimum Gasteiger partial charge on any atom is -0.481 e. The lowest BCUT2D eigenvalue weighted by atomic mass is 9.86. The number of carboxylic acids is 1. The van der Waals surface area contributed by atoms with Crippen molar-refractivity contribution >= 4 is 11.9 Å². The zero-order chi connectivity index (χ0) is 14.3. The van der Waals surface area contributed by atoms with Crippen molar-refractivity contribution in [2.45, 2.75) is 19.0 Å². The molecule has 0 aliphatic carbocycles. The van der Waals surface area contributed by atoms with E-state index in [0.717, 1.165) is 6.42 Å². The van der Waals surface area contributed by atoms with Gasteiger partial charge >= 0.3 is 12.1 Å². The minimum absolute atomic E-state index is 0.0224. The Bertz CT molecular complexity index is 395. The van der Waals surface area contributed by atoms with Crippen LogP contribution in [0.4, 0.5) is 13.2 Å². The lowest BCUT2D eigenvalue weighted by Gasteiger charge is -2.33. The van der Waals surface area contributed by atoms with Gasteiger partial charge in [-0.2, -0.15) is 13.2 Å². The SMILES string of the molecule is O=C(CN1CCC(C(=O)O)(C(F)(F)F)C1)N1CCC1. The van der Waals surface area contributed by atoms with E-state index in [2.05, 4.69) is 0 Å². The molecule has 2 fully saturated rings. The molecular formula is C11H15F3N2O3. The van der Waals surface area contributed by atoms with Crippen LogP contribution in [0.1, 0.15) is 12.8 Å². The van der Waals surface area contributed by atoms with Crippen molar-refractivity contribution in [3.63, 3.8) is 0 Å². The second kappa shape index (κ2) is 4.66. The zero-order valence-corrected chi connectivity index (χ0v) is 10.2. The van der Waals surface area contributed by atoms with Gasteiger partial charge in [0.15, 0.2) is 5.41 Å². The first kappa shape index (κ1) is 14.1. The number of likely N-dealkylation sites (tertiary alicyclic amines) is 2. The summed E-state index contributed by atoms with van der Waals surface area (Å²) in [6, 6.07) is 0. The molecule has 2 saturated heterocycles. The lowest BCUT2D eigenvalue weighted by molar-refractivity contribution is -0.227. The molecule has 1 N–H and O–H groups in total. The van der Waals surface area contributed by atoms with E-state index in [1.54, 1.807) is 4.90 Å². The number of carbonyl (C=O) groups excluding carboxylic acids is 1. The van der Waals surface area contributed by atoms with Gasteiger partial charge in [-0.25, -0.2) is 0 Å². The summed E-state index contributed by atoms with van der Waals surface area (Å²) in [7, 11) is 0. The van der Waals surface area contributed by atoms with Gasteiger partial charge in [-0.3, -0.25) is 14.5 Å². The Labute approximate surface area is 108 Å². The van der Waals surface area contributed by atoms with Gasteiger partial charge in [-0.15, -0.1) is 0 Å². The molecule has 0 saturated carbocycles. The molecule has 2 heterocycles. The summed E-state index contributed by atoms with van der Waals surface area (Å²) < 4.78 is 38.7. The first-order chi connectivity index (χ1) is 8.76. The number of rotatable bonds is 3. The molecule has 0 spiro atoms. The average Bonchev–Trinajstić information content (AvgIpc) is 2.58. The Kier molecular flexibility index (Phi) is 3.46. The molecule has 8 heteroatoms. The highest BCUT2D eigenvalue weighted by atomic mass is 19.4. The first-order valence-corrected chi connectivity index (χ1v) is 6.06. The van der Waals surface area contributed by atoms with Crippen molar-refractivity contribution in [1.29, 1.82) is 0 Å². The van der Waals surface area contributed by atoms with E-state index < -0.39 is 30.5 Å². The number of carbonyl (C=O) groups is 2. The molecule has 2 aliphatic heterocycles. The minimum atomic E-state index is -4.80. The summed E-state index contributed by atoms with van der Waals surface area (Å²) in [5.74, 6) is -2.09. The van der Waals surface area contributed by atoms with Gasteiger partial charge in [0, 0.05) is 26.2 Å². The van der Waals surface area contributed by atoms with Gasteiger partial charge in [0.2, 0.25) is 5.91 Å². The van der Waals surface area contributed by atoms with Crippen molar-refractivity contribution < 1.29 is 27.9 Å². The maximum Gasteiger partial charge on any atom is 0.406 e. The van der Waals surface area contributed by atoms with Crippen LogP contribution >= 0.6 is 0 Å². The molecule has 1 amide bonds. The second-order valence-corrected chi connectivity index (χ2v) is 5.08. The van der Waals surface area contributed by atoms with Crippen molar-refractivity contribution in [1.82, 2.24) is 9.80 Å². The average molecular weight is 280 g/mol. The standard InChI is InChI=1S/C11H15F3N2O3/c12-11(13,14)10(9(18)19)2-5-15(7-10)6-8(17)16-3-1-4-16/h1-7H2,(H,18,19). The Balaban J connectivity index is 2.01. The molecular weight excluding hydrogens is 265 g/mol. The number of aliphatic carboxylic acids is 1. The quantitative estimate of drug-likeness (QED) is 0.820. The van der Waals surface area contributed by atoms with Gasteiger partial charge in [-0.05, 0) is 12.8 Å². The monoisotopic (exact) mass is 280 g/mol. The van der Waals surface area contributed by atoms with E-state index in [4.69, 9.17) is 5.11 Å². The zero-order valence-electron chi connectivity index (χ0n) is 10.2. The molecule has 108 valence electrons. The molecule has 0 aromatic rings. The number of amides is 1. The van der Waals surface area contributed by atoms with E-state index in [9.17, 15) is 22.8 Å². The Morgan fingerprint density at radius 3 is 2.21 bits per heavy atom. The Morgan fingerprint density at radius 2 is 1.84 bits per heavy atom. The molecule has 5 nitrogen and oxygen atoms in total. The summed E-state index contributed by atoms with van der Waals surface area (Å²) in [5, 5.41) is 8.88. The molecule has 0 radical (unpaired) electrons. The molecule has 19 heavy (non-hydrogen) atoms. The lowest BCUT2D eigenvalue weighted by Crippen LogP contribution is -2.49.